The summed E-state index contributed by atoms with van der Waals surface area (Å²) in [6, 6.07) is 15.5. The van der Waals surface area contributed by atoms with Gasteiger partial charge in [0.2, 0.25) is 5.91 Å². The molecule has 2 heterocycles. The molecule has 1 amide bonds. The minimum atomic E-state index is -0.166. The molecule has 0 atom stereocenters. The van der Waals surface area contributed by atoms with Gasteiger partial charge < -0.3 is 9.88 Å². The van der Waals surface area contributed by atoms with Gasteiger partial charge in [-0.2, -0.15) is 5.10 Å². The molecule has 0 radical (unpaired) electrons. The molecule has 0 saturated heterocycles. The Balaban J connectivity index is 1.31. The number of nitrogens with one attached hydrogen (secondary N) is 1. The number of rotatable bonds is 8. The Hall–Kier alpha value is -3.17. The van der Waals surface area contributed by atoms with Crippen LogP contribution < -0.4 is 5.32 Å². The van der Waals surface area contributed by atoms with Crippen molar-refractivity contribution in [2.24, 2.45) is 0 Å². The van der Waals surface area contributed by atoms with Crippen molar-refractivity contribution in [3.8, 4) is 5.69 Å². The minimum absolute atomic E-state index is 0.166. The van der Waals surface area contributed by atoms with Crippen LogP contribution in [0.4, 0.5) is 5.69 Å². The molecule has 0 bridgehead atoms. The summed E-state index contributed by atoms with van der Waals surface area (Å²) < 4.78 is 3.71. The Morgan fingerprint density at radius 3 is 2.75 bits per heavy atom. The van der Waals surface area contributed by atoms with Gasteiger partial charge in [0.1, 0.15) is 18.5 Å². The molecule has 1 aliphatic carbocycles. The number of aromatic nitrogens is 6. The molecule has 0 aliphatic heterocycles. The number of carbonyl (C=O) groups excluding carboxylic acids is 1. The second-order valence-electron chi connectivity index (χ2n) is 7.53. The summed E-state index contributed by atoms with van der Waals surface area (Å²) in [6.07, 6.45) is 5.28. The maximum absolute atomic E-state index is 12.8. The van der Waals surface area contributed by atoms with E-state index in [9.17, 15) is 4.79 Å². The van der Waals surface area contributed by atoms with Crippen LogP contribution in [0.15, 0.2) is 66.3 Å². The molecule has 1 saturated carbocycles. The van der Waals surface area contributed by atoms with E-state index in [4.69, 9.17) is 11.6 Å². The predicted molar refractivity (Wildman–Crippen MR) is 123 cm³/mol. The number of nitrogens with zero attached hydrogens (tertiary/aromatic N) is 6. The Morgan fingerprint density at radius 1 is 1.16 bits per heavy atom. The van der Waals surface area contributed by atoms with Gasteiger partial charge in [0.15, 0.2) is 5.16 Å². The van der Waals surface area contributed by atoms with Crippen LogP contribution in [-0.4, -0.2) is 41.2 Å². The molecule has 10 heteroatoms. The molecule has 4 aromatic rings. The molecule has 0 spiro atoms. The summed E-state index contributed by atoms with van der Waals surface area (Å²) in [5.41, 5.74) is 2.43. The standard InChI is InChI=1S/C22H20ClN7OS/c23-17-8-9-19(30-14-24-13-25-30)18(10-17)26-20(31)12-32-22-28-27-21(16-6-7-16)29(22)11-15-4-2-1-3-5-15/h1-5,8-10,13-14,16H,6-7,11-12H2,(H,26,31). The fraction of sp³-hybridized carbons (Fsp3) is 0.227. The van der Waals surface area contributed by atoms with E-state index in [1.54, 1.807) is 29.2 Å². The number of hydrogen-bond donors (Lipinski definition) is 1. The molecule has 1 N–H and O–H groups in total. The van der Waals surface area contributed by atoms with Gasteiger partial charge in [0, 0.05) is 10.9 Å². The van der Waals surface area contributed by atoms with Gasteiger partial charge in [-0.1, -0.05) is 53.7 Å². The Labute approximate surface area is 194 Å². The third-order valence-corrected chi connectivity index (χ3v) is 6.30. The molecule has 2 aromatic heterocycles. The summed E-state index contributed by atoms with van der Waals surface area (Å²) in [6.45, 7) is 0.689. The average Bonchev–Trinajstić information content (AvgIpc) is 3.34. The Kier molecular flexibility index (Phi) is 5.91. The molecule has 1 aliphatic rings. The summed E-state index contributed by atoms with van der Waals surface area (Å²) in [7, 11) is 0. The van der Waals surface area contributed by atoms with E-state index >= 15 is 0 Å². The SMILES string of the molecule is O=C(CSc1nnc(C2CC2)n1Cc1ccccc1)Nc1cc(Cl)ccc1-n1cncn1. The summed E-state index contributed by atoms with van der Waals surface area (Å²) in [4.78, 5) is 16.7. The van der Waals surface area contributed by atoms with Crippen molar-refractivity contribution in [2.75, 3.05) is 11.1 Å². The number of amides is 1. The van der Waals surface area contributed by atoms with Gasteiger partial charge in [-0.3, -0.25) is 4.79 Å². The maximum atomic E-state index is 12.8. The van der Waals surface area contributed by atoms with Crippen molar-refractivity contribution < 1.29 is 4.79 Å². The van der Waals surface area contributed by atoms with Crippen LogP contribution in [0.25, 0.3) is 5.69 Å². The first kappa shape index (κ1) is 20.7. The zero-order valence-electron chi connectivity index (χ0n) is 17.1. The van der Waals surface area contributed by atoms with Gasteiger partial charge in [-0.05, 0) is 36.6 Å². The first-order valence-corrected chi connectivity index (χ1v) is 11.6. The summed E-state index contributed by atoms with van der Waals surface area (Å²) >= 11 is 7.52. The molecule has 32 heavy (non-hydrogen) atoms. The van der Waals surface area contributed by atoms with Crippen LogP contribution in [0.3, 0.4) is 0 Å². The number of halogens is 1. The summed E-state index contributed by atoms with van der Waals surface area (Å²) in [5, 5.41) is 17.1. The molecule has 5 rings (SSSR count). The molecule has 0 unspecified atom stereocenters. The van der Waals surface area contributed by atoms with Crippen molar-refractivity contribution in [3.05, 3.63) is 77.6 Å². The third kappa shape index (κ3) is 4.68. The highest BCUT2D eigenvalue weighted by Crippen LogP contribution is 2.40. The van der Waals surface area contributed by atoms with Crippen molar-refractivity contribution in [1.29, 1.82) is 0 Å². The van der Waals surface area contributed by atoms with E-state index in [1.165, 1.54) is 23.7 Å². The Morgan fingerprint density at radius 2 is 2.00 bits per heavy atom. The van der Waals surface area contributed by atoms with E-state index in [1.807, 2.05) is 18.2 Å². The number of benzene rings is 2. The average molecular weight is 466 g/mol. The van der Waals surface area contributed by atoms with Crippen molar-refractivity contribution in [2.45, 2.75) is 30.5 Å². The molecule has 1 fully saturated rings. The normalized spacial score (nSPS) is 13.3. The monoisotopic (exact) mass is 465 g/mol. The lowest BCUT2D eigenvalue weighted by atomic mass is 10.2. The first-order valence-electron chi connectivity index (χ1n) is 10.2. The minimum Gasteiger partial charge on any atom is -0.323 e. The molecular weight excluding hydrogens is 446 g/mol. The number of thioether (sulfide) groups is 1. The highest BCUT2D eigenvalue weighted by atomic mass is 35.5. The number of hydrogen-bond acceptors (Lipinski definition) is 6. The van der Waals surface area contributed by atoms with Crippen molar-refractivity contribution in [1.82, 2.24) is 29.5 Å². The zero-order valence-corrected chi connectivity index (χ0v) is 18.6. The van der Waals surface area contributed by atoms with E-state index < -0.39 is 0 Å². The highest BCUT2D eigenvalue weighted by molar-refractivity contribution is 7.99. The predicted octanol–water partition coefficient (Wildman–Crippen LogP) is 4.17. The van der Waals surface area contributed by atoms with Crippen LogP contribution in [-0.2, 0) is 11.3 Å². The Bertz CT molecular complexity index is 1220. The van der Waals surface area contributed by atoms with E-state index in [2.05, 4.69) is 42.3 Å². The second kappa shape index (κ2) is 9.13. The third-order valence-electron chi connectivity index (χ3n) is 5.10. The van der Waals surface area contributed by atoms with Crippen molar-refractivity contribution in [3.63, 3.8) is 0 Å². The van der Waals surface area contributed by atoms with Crippen LogP contribution in [0.2, 0.25) is 5.02 Å². The number of carbonyl (C=O) groups is 1. The number of anilines is 1. The maximum Gasteiger partial charge on any atom is 0.234 e. The van der Waals surface area contributed by atoms with Gasteiger partial charge >= 0.3 is 0 Å². The topological polar surface area (TPSA) is 90.5 Å². The lowest BCUT2D eigenvalue weighted by Gasteiger charge is -2.12. The summed E-state index contributed by atoms with van der Waals surface area (Å²) in [5.74, 6) is 1.49. The molecule has 162 valence electrons. The van der Waals surface area contributed by atoms with Crippen LogP contribution >= 0.6 is 23.4 Å². The molecule has 2 aromatic carbocycles. The van der Waals surface area contributed by atoms with Crippen LogP contribution in [0, 0.1) is 0 Å². The van der Waals surface area contributed by atoms with Crippen LogP contribution in [0.5, 0.6) is 0 Å². The van der Waals surface area contributed by atoms with E-state index in [0.29, 0.717) is 28.9 Å². The molecular formula is C22H20ClN7OS. The van der Waals surface area contributed by atoms with Gasteiger partial charge in [0.25, 0.3) is 0 Å². The highest BCUT2D eigenvalue weighted by Gasteiger charge is 2.30. The van der Waals surface area contributed by atoms with E-state index in [0.717, 1.165) is 23.8 Å². The van der Waals surface area contributed by atoms with Gasteiger partial charge in [0.05, 0.1) is 23.7 Å². The lowest BCUT2D eigenvalue weighted by molar-refractivity contribution is -0.113. The van der Waals surface area contributed by atoms with Gasteiger partial charge in [-0.15, -0.1) is 10.2 Å². The van der Waals surface area contributed by atoms with Crippen molar-refractivity contribution >= 4 is 35.0 Å². The first-order chi connectivity index (χ1) is 15.7. The fourth-order valence-corrected chi connectivity index (χ4v) is 4.34. The largest absolute Gasteiger partial charge is 0.323 e. The second-order valence-corrected chi connectivity index (χ2v) is 8.90. The quantitative estimate of drug-likeness (QED) is 0.393. The lowest BCUT2D eigenvalue weighted by Crippen LogP contribution is -2.16. The molecule has 8 nitrogen and oxygen atoms in total. The fourth-order valence-electron chi connectivity index (χ4n) is 3.42. The van der Waals surface area contributed by atoms with Gasteiger partial charge in [-0.25, -0.2) is 9.67 Å². The smallest absolute Gasteiger partial charge is 0.234 e. The van der Waals surface area contributed by atoms with E-state index in [-0.39, 0.29) is 11.7 Å². The van der Waals surface area contributed by atoms with Crippen LogP contribution in [0.1, 0.15) is 30.1 Å². The zero-order chi connectivity index (χ0) is 21.9.